The van der Waals surface area contributed by atoms with Crippen LogP contribution in [0.4, 0.5) is 0 Å². The number of nitrogens with zero attached hydrogens (tertiary/aromatic N) is 2. The minimum Gasteiger partial charge on any atom is -0.481 e. The van der Waals surface area contributed by atoms with E-state index in [9.17, 15) is 4.79 Å². The number of carboxylic acids is 1. The minimum absolute atomic E-state index is 0.176. The molecule has 0 bridgehead atoms. The SMILES string of the molecule is N[C@@H](CC(=O)O)c1cnc(-c2ccc(Cl)cc2Cl)nc1. The van der Waals surface area contributed by atoms with Gasteiger partial charge in [-0.3, -0.25) is 4.79 Å². The molecule has 2 aromatic rings. The number of nitrogens with two attached hydrogens (primary N) is 1. The standard InChI is InChI=1S/C13H11Cl2N3O2/c14-8-1-2-9(10(15)3-8)13-17-5-7(6-18-13)11(16)4-12(19)20/h1-3,5-6,11H,4,16H2,(H,19,20)/t11-/m0/s1. The van der Waals surface area contributed by atoms with Gasteiger partial charge < -0.3 is 10.8 Å². The lowest BCUT2D eigenvalue weighted by atomic mass is 10.1. The third kappa shape index (κ3) is 3.45. The lowest BCUT2D eigenvalue weighted by molar-refractivity contribution is -0.137. The molecule has 0 amide bonds. The van der Waals surface area contributed by atoms with E-state index in [0.29, 0.717) is 27.0 Å². The van der Waals surface area contributed by atoms with Gasteiger partial charge in [-0.15, -0.1) is 0 Å². The molecule has 0 saturated carbocycles. The number of halogens is 2. The zero-order chi connectivity index (χ0) is 14.7. The van der Waals surface area contributed by atoms with Crippen molar-refractivity contribution < 1.29 is 9.90 Å². The molecule has 1 atom stereocenters. The van der Waals surface area contributed by atoms with Crippen LogP contribution in [0.5, 0.6) is 0 Å². The number of benzene rings is 1. The van der Waals surface area contributed by atoms with E-state index in [1.807, 2.05) is 0 Å². The zero-order valence-electron chi connectivity index (χ0n) is 10.3. The molecule has 0 aliphatic carbocycles. The maximum atomic E-state index is 10.6. The average molecular weight is 312 g/mol. The van der Waals surface area contributed by atoms with Gasteiger partial charge in [0.2, 0.25) is 0 Å². The van der Waals surface area contributed by atoms with Crippen molar-refractivity contribution in [2.24, 2.45) is 5.73 Å². The van der Waals surface area contributed by atoms with Gasteiger partial charge in [0.05, 0.1) is 11.4 Å². The highest BCUT2D eigenvalue weighted by molar-refractivity contribution is 6.36. The second kappa shape index (κ2) is 6.17. The maximum Gasteiger partial charge on any atom is 0.305 e. The Bertz CT molecular complexity index is 632. The van der Waals surface area contributed by atoms with Crippen molar-refractivity contribution >= 4 is 29.2 Å². The topological polar surface area (TPSA) is 89.1 Å². The first-order chi connectivity index (χ1) is 9.47. The monoisotopic (exact) mass is 311 g/mol. The second-order valence-electron chi connectivity index (χ2n) is 4.17. The van der Waals surface area contributed by atoms with Crippen LogP contribution in [0.2, 0.25) is 10.0 Å². The molecule has 7 heteroatoms. The van der Waals surface area contributed by atoms with Crippen molar-refractivity contribution in [2.75, 3.05) is 0 Å². The molecule has 0 fully saturated rings. The third-order valence-electron chi connectivity index (χ3n) is 2.67. The Morgan fingerprint density at radius 1 is 1.30 bits per heavy atom. The van der Waals surface area contributed by atoms with E-state index in [2.05, 4.69) is 9.97 Å². The predicted molar refractivity (Wildman–Crippen MR) is 76.7 cm³/mol. The van der Waals surface area contributed by atoms with Gasteiger partial charge in [-0.05, 0) is 18.2 Å². The second-order valence-corrected chi connectivity index (χ2v) is 5.01. The van der Waals surface area contributed by atoms with E-state index in [1.165, 1.54) is 12.4 Å². The molecule has 20 heavy (non-hydrogen) atoms. The van der Waals surface area contributed by atoms with E-state index in [4.69, 9.17) is 34.0 Å². The number of hydrogen-bond donors (Lipinski definition) is 2. The van der Waals surface area contributed by atoms with Gasteiger partial charge >= 0.3 is 5.97 Å². The molecular weight excluding hydrogens is 301 g/mol. The van der Waals surface area contributed by atoms with E-state index in [-0.39, 0.29) is 6.42 Å². The average Bonchev–Trinajstić information content (AvgIpc) is 2.38. The van der Waals surface area contributed by atoms with Crippen LogP contribution in [0.25, 0.3) is 11.4 Å². The molecule has 3 N–H and O–H groups in total. The Morgan fingerprint density at radius 3 is 2.50 bits per heavy atom. The van der Waals surface area contributed by atoms with E-state index < -0.39 is 12.0 Å². The molecule has 1 aromatic carbocycles. The number of carbonyl (C=O) groups is 1. The van der Waals surface area contributed by atoms with Crippen LogP contribution in [0.1, 0.15) is 18.0 Å². The normalized spacial score (nSPS) is 12.2. The van der Waals surface area contributed by atoms with Crippen LogP contribution in [-0.2, 0) is 4.79 Å². The number of aromatic nitrogens is 2. The largest absolute Gasteiger partial charge is 0.481 e. The molecule has 2 rings (SSSR count). The smallest absolute Gasteiger partial charge is 0.305 e. The van der Waals surface area contributed by atoms with Crippen molar-refractivity contribution in [1.82, 2.24) is 9.97 Å². The van der Waals surface area contributed by atoms with Gasteiger partial charge in [0.1, 0.15) is 0 Å². The molecule has 0 saturated heterocycles. The van der Waals surface area contributed by atoms with Crippen LogP contribution in [-0.4, -0.2) is 21.0 Å². The fourth-order valence-electron chi connectivity index (χ4n) is 1.65. The van der Waals surface area contributed by atoms with Gasteiger partial charge in [0.25, 0.3) is 0 Å². The van der Waals surface area contributed by atoms with Crippen LogP contribution in [0, 0.1) is 0 Å². The first-order valence-electron chi connectivity index (χ1n) is 5.72. The molecule has 0 unspecified atom stereocenters. The fourth-order valence-corrected chi connectivity index (χ4v) is 2.14. The summed E-state index contributed by atoms with van der Waals surface area (Å²) in [5.74, 6) is -0.541. The first-order valence-corrected chi connectivity index (χ1v) is 6.47. The summed E-state index contributed by atoms with van der Waals surface area (Å²) in [7, 11) is 0. The van der Waals surface area contributed by atoms with Crippen molar-refractivity contribution in [2.45, 2.75) is 12.5 Å². The van der Waals surface area contributed by atoms with Crippen molar-refractivity contribution in [3.05, 3.63) is 46.2 Å². The van der Waals surface area contributed by atoms with Crippen LogP contribution < -0.4 is 5.73 Å². The molecule has 0 aliphatic heterocycles. The highest BCUT2D eigenvalue weighted by atomic mass is 35.5. The summed E-state index contributed by atoms with van der Waals surface area (Å²) in [5, 5.41) is 9.66. The summed E-state index contributed by atoms with van der Waals surface area (Å²) in [4.78, 5) is 18.9. The molecule has 1 heterocycles. The van der Waals surface area contributed by atoms with Crippen molar-refractivity contribution in [3.63, 3.8) is 0 Å². The molecular formula is C13H11Cl2N3O2. The highest BCUT2D eigenvalue weighted by Crippen LogP contribution is 2.28. The third-order valence-corrected chi connectivity index (χ3v) is 3.21. The van der Waals surface area contributed by atoms with Crippen molar-refractivity contribution in [3.8, 4) is 11.4 Å². The van der Waals surface area contributed by atoms with Crippen molar-refractivity contribution in [1.29, 1.82) is 0 Å². The quantitative estimate of drug-likeness (QED) is 0.906. The summed E-state index contributed by atoms with van der Waals surface area (Å²) in [6.07, 6.45) is 2.83. The Morgan fingerprint density at radius 2 is 1.95 bits per heavy atom. The Kier molecular flexibility index (Phi) is 4.54. The van der Waals surface area contributed by atoms with Crippen LogP contribution >= 0.6 is 23.2 Å². The summed E-state index contributed by atoms with van der Waals surface area (Å²) >= 11 is 11.9. The van der Waals surface area contributed by atoms with E-state index in [1.54, 1.807) is 18.2 Å². The Labute approximate surface area is 125 Å². The minimum atomic E-state index is -0.970. The zero-order valence-corrected chi connectivity index (χ0v) is 11.8. The number of aliphatic carboxylic acids is 1. The van der Waals surface area contributed by atoms with E-state index >= 15 is 0 Å². The summed E-state index contributed by atoms with van der Waals surface area (Å²) in [6.45, 7) is 0. The number of carboxylic acid groups (broad SMARTS) is 1. The summed E-state index contributed by atoms with van der Waals surface area (Å²) < 4.78 is 0. The number of rotatable bonds is 4. The molecule has 104 valence electrons. The van der Waals surface area contributed by atoms with Gasteiger partial charge in [-0.1, -0.05) is 23.2 Å². The molecule has 5 nitrogen and oxygen atoms in total. The van der Waals surface area contributed by atoms with Gasteiger partial charge in [-0.25, -0.2) is 9.97 Å². The fraction of sp³-hybridized carbons (Fsp3) is 0.154. The van der Waals surface area contributed by atoms with E-state index in [0.717, 1.165) is 0 Å². The number of hydrogen-bond acceptors (Lipinski definition) is 4. The van der Waals surface area contributed by atoms with Crippen LogP contribution in [0.15, 0.2) is 30.6 Å². The highest BCUT2D eigenvalue weighted by Gasteiger charge is 2.13. The van der Waals surface area contributed by atoms with Gasteiger partial charge in [0, 0.05) is 34.6 Å². The lowest BCUT2D eigenvalue weighted by Crippen LogP contribution is -2.15. The maximum absolute atomic E-state index is 10.6. The lowest BCUT2D eigenvalue weighted by Gasteiger charge is -2.09. The van der Waals surface area contributed by atoms with Gasteiger partial charge in [-0.2, -0.15) is 0 Å². The first kappa shape index (κ1) is 14.7. The Hall–Kier alpha value is -1.69. The van der Waals surface area contributed by atoms with Crippen LogP contribution in [0.3, 0.4) is 0 Å². The molecule has 0 radical (unpaired) electrons. The predicted octanol–water partition coefficient (Wildman–Crippen LogP) is 2.92. The summed E-state index contributed by atoms with van der Waals surface area (Å²) in [5.41, 5.74) is 6.93. The molecule has 0 spiro atoms. The molecule has 1 aromatic heterocycles. The summed E-state index contributed by atoms with van der Waals surface area (Å²) in [6, 6.07) is 4.38. The van der Waals surface area contributed by atoms with Gasteiger partial charge in [0.15, 0.2) is 5.82 Å². The molecule has 0 aliphatic rings. The Balaban J connectivity index is 2.25.